The number of carbonyl (C=O) groups excluding carboxylic acids is 1. The van der Waals surface area contributed by atoms with Crippen molar-refractivity contribution < 1.29 is 4.79 Å². The van der Waals surface area contributed by atoms with Gasteiger partial charge in [-0.3, -0.25) is 9.59 Å². The van der Waals surface area contributed by atoms with Crippen LogP contribution in [-0.2, 0) is 11.3 Å². The Morgan fingerprint density at radius 3 is 2.80 bits per heavy atom. The van der Waals surface area contributed by atoms with Gasteiger partial charge in [0.1, 0.15) is 18.2 Å². The zero-order valence-corrected chi connectivity index (χ0v) is 8.60. The fraction of sp³-hybridized carbons (Fsp3) is 0.300. The van der Waals surface area contributed by atoms with Crippen LogP contribution in [0.3, 0.4) is 0 Å². The van der Waals surface area contributed by atoms with Gasteiger partial charge in [0.2, 0.25) is 5.91 Å². The summed E-state index contributed by atoms with van der Waals surface area (Å²) in [6.45, 7) is -0.0403. The molecule has 0 aliphatic carbocycles. The molecule has 15 heavy (non-hydrogen) atoms. The van der Waals surface area contributed by atoms with Gasteiger partial charge in [-0.1, -0.05) is 0 Å². The molecule has 1 amide bonds. The molecule has 5 heteroatoms. The van der Waals surface area contributed by atoms with Crippen molar-refractivity contribution in [1.29, 1.82) is 5.26 Å². The summed E-state index contributed by atoms with van der Waals surface area (Å²) < 4.78 is 1.22. The van der Waals surface area contributed by atoms with Gasteiger partial charge >= 0.3 is 0 Å². The third-order valence-electron chi connectivity index (χ3n) is 1.95. The fourth-order valence-electron chi connectivity index (χ4n) is 1.03. The molecule has 0 aliphatic rings. The summed E-state index contributed by atoms with van der Waals surface area (Å²) in [5, 5.41) is 8.63. The van der Waals surface area contributed by atoms with Crippen LogP contribution in [0.1, 0.15) is 5.56 Å². The molecule has 5 nitrogen and oxygen atoms in total. The van der Waals surface area contributed by atoms with Crippen molar-refractivity contribution in [2.24, 2.45) is 0 Å². The largest absolute Gasteiger partial charge is 0.347 e. The number of carbonyl (C=O) groups is 1. The topological polar surface area (TPSA) is 66.1 Å². The SMILES string of the molecule is CN(C)C(=O)Cn1cccc(C#N)c1=O. The Hall–Kier alpha value is -2.09. The molecule has 0 saturated carbocycles. The number of hydrogen-bond donors (Lipinski definition) is 0. The molecule has 1 heterocycles. The van der Waals surface area contributed by atoms with Crippen LogP contribution < -0.4 is 5.56 Å². The maximum atomic E-state index is 11.5. The number of pyridine rings is 1. The molecule has 0 radical (unpaired) electrons. The minimum Gasteiger partial charge on any atom is -0.347 e. The van der Waals surface area contributed by atoms with Crippen LogP contribution >= 0.6 is 0 Å². The Bertz CT molecular complexity index is 468. The maximum Gasteiger partial charge on any atom is 0.268 e. The second-order valence-corrected chi connectivity index (χ2v) is 3.25. The summed E-state index contributed by atoms with van der Waals surface area (Å²) in [5.41, 5.74) is -0.390. The van der Waals surface area contributed by atoms with E-state index in [-0.39, 0.29) is 18.0 Å². The van der Waals surface area contributed by atoms with Crippen LogP contribution in [0.2, 0.25) is 0 Å². The summed E-state index contributed by atoms with van der Waals surface area (Å²) in [6.07, 6.45) is 1.49. The normalized spacial score (nSPS) is 9.40. The van der Waals surface area contributed by atoms with Crippen LogP contribution in [0, 0.1) is 11.3 Å². The van der Waals surface area contributed by atoms with Gasteiger partial charge in [-0.05, 0) is 12.1 Å². The van der Waals surface area contributed by atoms with E-state index in [1.807, 2.05) is 0 Å². The average molecular weight is 205 g/mol. The Kier molecular flexibility index (Phi) is 3.24. The van der Waals surface area contributed by atoms with Gasteiger partial charge < -0.3 is 9.47 Å². The number of hydrogen-bond acceptors (Lipinski definition) is 3. The monoisotopic (exact) mass is 205 g/mol. The lowest BCUT2D eigenvalue weighted by Crippen LogP contribution is -2.32. The van der Waals surface area contributed by atoms with Crippen LogP contribution in [0.5, 0.6) is 0 Å². The highest BCUT2D eigenvalue weighted by atomic mass is 16.2. The number of nitrogens with zero attached hydrogens (tertiary/aromatic N) is 3. The van der Waals surface area contributed by atoms with E-state index in [1.54, 1.807) is 26.2 Å². The molecule has 0 unspecified atom stereocenters. The molecule has 0 aromatic carbocycles. The minimum absolute atomic E-state index is 0.0403. The van der Waals surface area contributed by atoms with E-state index in [9.17, 15) is 9.59 Å². The lowest BCUT2D eigenvalue weighted by Gasteiger charge is -2.11. The first-order valence-electron chi connectivity index (χ1n) is 4.36. The second-order valence-electron chi connectivity index (χ2n) is 3.25. The molecule has 0 spiro atoms. The van der Waals surface area contributed by atoms with Crippen molar-refractivity contribution >= 4 is 5.91 Å². The van der Waals surface area contributed by atoms with Gasteiger partial charge in [-0.2, -0.15) is 5.26 Å². The van der Waals surface area contributed by atoms with Crippen molar-refractivity contribution in [2.75, 3.05) is 14.1 Å². The first-order valence-corrected chi connectivity index (χ1v) is 4.36. The van der Waals surface area contributed by atoms with Gasteiger partial charge in [0.25, 0.3) is 5.56 Å². The average Bonchev–Trinajstić information content (AvgIpc) is 2.21. The van der Waals surface area contributed by atoms with E-state index in [0.717, 1.165) is 0 Å². The highest BCUT2D eigenvalue weighted by molar-refractivity contribution is 5.75. The first kappa shape index (κ1) is 11.0. The maximum absolute atomic E-state index is 11.5. The third kappa shape index (κ3) is 2.44. The first-order chi connectivity index (χ1) is 7.06. The highest BCUT2D eigenvalue weighted by Crippen LogP contribution is 1.91. The number of nitriles is 1. The highest BCUT2D eigenvalue weighted by Gasteiger charge is 2.07. The quantitative estimate of drug-likeness (QED) is 0.672. The molecule has 1 aromatic heterocycles. The van der Waals surface area contributed by atoms with E-state index in [1.165, 1.54) is 21.7 Å². The molecule has 0 atom stereocenters. The zero-order chi connectivity index (χ0) is 11.4. The van der Waals surface area contributed by atoms with E-state index >= 15 is 0 Å². The molecule has 78 valence electrons. The molecule has 0 bridgehead atoms. The summed E-state index contributed by atoms with van der Waals surface area (Å²) in [5.74, 6) is -0.188. The summed E-state index contributed by atoms with van der Waals surface area (Å²) >= 11 is 0. The summed E-state index contributed by atoms with van der Waals surface area (Å²) in [6, 6.07) is 4.78. The number of rotatable bonds is 2. The third-order valence-corrected chi connectivity index (χ3v) is 1.95. The standard InChI is InChI=1S/C10H11N3O2/c1-12(2)9(14)7-13-5-3-4-8(6-11)10(13)15/h3-5H,7H2,1-2H3. The molecule has 0 N–H and O–H groups in total. The molecule has 0 fully saturated rings. The Labute approximate surface area is 87.2 Å². The Balaban J connectivity index is 3.03. The van der Waals surface area contributed by atoms with Crippen molar-refractivity contribution in [3.63, 3.8) is 0 Å². The summed E-state index contributed by atoms with van der Waals surface area (Å²) in [4.78, 5) is 24.3. The Morgan fingerprint density at radius 1 is 1.60 bits per heavy atom. The van der Waals surface area contributed by atoms with E-state index < -0.39 is 5.56 Å². The second kappa shape index (κ2) is 4.42. The molecule has 0 aliphatic heterocycles. The molecule has 0 saturated heterocycles. The van der Waals surface area contributed by atoms with Crippen LogP contribution in [0.4, 0.5) is 0 Å². The van der Waals surface area contributed by atoms with Crippen LogP contribution in [0.25, 0.3) is 0 Å². The molecular formula is C10H11N3O2. The van der Waals surface area contributed by atoms with E-state index in [0.29, 0.717) is 0 Å². The van der Waals surface area contributed by atoms with Crippen LogP contribution in [-0.4, -0.2) is 29.5 Å². The van der Waals surface area contributed by atoms with Crippen molar-refractivity contribution in [3.8, 4) is 6.07 Å². The number of aromatic nitrogens is 1. The predicted molar refractivity (Wildman–Crippen MR) is 54.1 cm³/mol. The van der Waals surface area contributed by atoms with E-state index in [2.05, 4.69) is 0 Å². The van der Waals surface area contributed by atoms with Crippen molar-refractivity contribution in [2.45, 2.75) is 6.54 Å². The van der Waals surface area contributed by atoms with Gasteiger partial charge in [-0.15, -0.1) is 0 Å². The van der Waals surface area contributed by atoms with Gasteiger partial charge in [0.15, 0.2) is 0 Å². The van der Waals surface area contributed by atoms with Crippen molar-refractivity contribution in [1.82, 2.24) is 9.47 Å². The number of amides is 1. The van der Waals surface area contributed by atoms with Crippen LogP contribution in [0.15, 0.2) is 23.1 Å². The lowest BCUT2D eigenvalue weighted by molar-refractivity contribution is -0.129. The smallest absolute Gasteiger partial charge is 0.268 e. The van der Waals surface area contributed by atoms with E-state index in [4.69, 9.17) is 5.26 Å². The minimum atomic E-state index is -0.435. The number of likely N-dealkylation sites (N-methyl/N-ethyl adjacent to an activating group) is 1. The van der Waals surface area contributed by atoms with Gasteiger partial charge in [0, 0.05) is 20.3 Å². The lowest BCUT2D eigenvalue weighted by atomic mass is 10.3. The zero-order valence-electron chi connectivity index (χ0n) is 8.60. The summed E-state index contributed by atoms with van der Waals surface area (Å²) in [7, 11) is 3.23. The van der Waals surface area contributed by atoms with Gasteiger partial charge in [0.05, 0.1) is 0 Å². The molecule has 1 aromatic rings. The molecular weight excluding hydrogens is 194 g/mol. The molecule has 1 rings (SSSR count). The van der Waals surface area contributed by atoms with Gasteiger partial charge in [-0.25, -0.2) is 0 Å². The van der Waals surface area contributed by atoms with Crippen molar-refractivity contribution in [3.05, 3.63) is 34.2 Å². The fourth-order valence-corrected chi connectivity index (χ4v) is 1.03. The Morgan fingerprint density at radius 2 is 2.27 bits per heavy atom. The predicted octanol–water partition coefficient (Wildman–Crippen LogP) is -0.192.